The van der Waals surface area contributed by atoms with Crippen LogP contribution in [0.25, 0.3) is 0 Å². The number of morpholine rings is 1. The standard InChI is InChI=1S/C25H33N5O4S/c1-25(2,3)19-16-35-23(26-19)28-21(31)18-10-7-11-30(18)22(32)20(17-8-5-4-6-9-17)27-24(33)29-12-14-34-15-13-29/h4-6,8-9,16,18,20H,7,10-15H2,1-3H3,(H,27,33)(H,26,28,31)/t18-,20+/m0/s1. The van der Waals surface area contributed by atoms with Gasteiger partial charge in [-0.2, -0.15) is 0 Å². The molecular formula is C25H33N5O4S. The van der Waals surface area contributed by atoms with Gasteiger partial charge in [-0.05, 0) is 18.4 Å². The number of nitrogens with one attached hydrogen (secondary N) is 2. The Labute approximate surface area is 209 Å². The second-order valence-corrected chi connectivity index (χ2v) is 10.7. The molecule has 3 heterocycles. The molecule has 9 nitrogen and oxygen atoms in total. The van der Waals surface area contributed by atoms with Gasteiger partial charge in [0.05, 0.1) is 18.9 Å². The molecule has 35 heavy (non-hydrogen) atoms. The quantitative estimate of drug-likeness (QED) is 0.658. The molecule has 1 aromatic carbocycles. The van der Waals surface area contributed by atoms with Crippen LogP contribution in [-0.4, -0.2) is 71.5 Å². The first-order valence-corrected chi connectivity index (χ1v) is 12.9. The Morgan fingerprint density at radius 1 is 1.11 bits per heavy atom. The fourth-order valence-corrected chi connectivity index (χ4v) is 5.19. The summed E-state index contributed by atoms with van der Waals surface area (Å²) in [6.45, 7) is 8.55. The lowest BCUT2D eigenvalue weighted by atomic mass is 9.93. The zero-order valence-corrected chi connectivity index (χ0v) is 21.3. The van der Waals surface area contributed by atoms with Crippen molar-refractivity contribution in [2.75, 3.05) is 38.2 Å². The zero-order valence-electron chi connectivity index (χ0n) is 20.5. The molecule has 10 heteroatoms. The number of rotatable bonds is 5. The first-order valence-electron chi connectivity index (χ1n) is 12.0. The molecule has 2 N–H and O–H groups in total. The Kier molecular flexibility index (Phi) is 7.71. The van der Waals surface area contributed by atoms with Crippen LogP contribution >= 0.6 is 11.3 Å². The molecule has 188 valence electrons. The van der Waals surface area contributed by atoms with E-state index >= 15 is 0 Å². The van der Waals surface area contributed by atoms with Crippen molar-refractivity contribution < 1.29 is 19.1 Å². The van der Waals surface area contributed by atoms with E-state index in [2.05, 4.69) is 36.4 Å². The molecule has 1 aromatic heterocycles. The molecule has 0 saturated carbocycles. The van der Waals surface area contributed by atoms with Crippen LogP contribution in [0, 0.1) is 0 Å². The summed E-state index contributed by atoms with van der Waals surface area (Å²) in [5.74, 6) is -0.540. The van der Waals surface area contributed by atoms with Gasteiger partial charge >= 0.3 is 6.03 Å². The zero-order chi connectivity index (χ0) is 25.0. The van der Waals surface area contributed by atoms with Gasteiger partial charge in [-0.15, -0.1) is 11.3 Å². The summed E-state index contributed by atoms with van der Waals surface area (Å²) in [6, 6.07) is 7.35. The van der Waals surface area contributed by atoms with Crippen molar-refractivity contribution in [2.45, 2.75) is 51.1 Å². The molecule has 2 aliphatic rings. The minimum absolute atomic E-state index is 0.115. The van der Waals surface area contributed by atoms with Gasteiger partial charge in [-0.3, -0.25) is 9.59 Å². The van der Waals surface area contributed by atoms with E-state index in [9.17, 15) is 14.4 Å². The number of likely N-dealkylation sites (tertiary alicyclic amines) is 1. The number of urea groups is 1. The monoisotopic (exact) mass is 499 g/mol. The Morgan fingerprint density at radius 2 is 1.83 bits per heavy atom. The molecule has 0 unspecified atom stereocenters. The topological polar surface area (TPSA) is 104 Å². The number of hydrogen-bond donors (Lipinski definition) is 2. The van der Waals surface area contributed by atoms with Gasteiger partial charge in [0, 0.05) is 30.4 Å². The van der Waals surface area contributed by atoms with Crippen LogP contribution in [0.3, 0.4) is 0 Å². The Bertz CT molecular complexity index is 1050. The smallest absolute Gasteiger partial charge is 0.318 e. The number of nitrogens with zero attached hydrogens (tertiary/aromatic N) is 3. The fraction of sp³-hybridized carbons (Fsp3) is 0.520. The summed E-state index contributed by atoms with van der Waals surface area (Å²) in [4.78, 5) is 47.6. The van der Waals surface area contributed by atoms with Gasteiger partial charge in [0.1, 0.15) is 12.1 Å². The molecule has 2 atom stereocenters. The summed E-state index contributed by atoms with van der Waals surface area (Å²) in [6.07, 6.45) is 1.28. The number of aromatic nitrogens is 1. The normalized spacial score (nSPS) is 19.3. The predicted molar refractivity (Wildman–Crippen MR) is 134 cm³/mol. The molecule has 0 radical (unpaired) electrons. The molecule has 2 fully saturated rings. The van der Waals surface area contributed by atoms with Crippen molar-refractivity contribution in [3.05, 3.63) is 47.0 Å². The number of amides is 4. The Balaban J connectivity index is 1.49. The maximum absolute atomic E-state index is 13.7. The molecule has 0 spiro atoms. The maximum atomic E-state index is 13.7. The van der Waals surface area contributed by atoms with Crippen LogP contribution in [0.5, 0.6) is 0 Å². The number of thiazole rings is 1. The van der Waals surface area contributed by atoms with Gasteiger partial charge in [0.15, 0.2) is 5.13 Å². The Morgan fingerprint density at radius 3 is 2.49 bits per heavy atom. The number of carbonyl (C=O) groups is 3. The van der Waals surface area contributed by atoms with Crippen molar-refractivity contribution in [3.8, 4) is 0 Å². The molecule has 2 aromatic rings. The lowest BCUT2D eigenvalue weighted by Crippen LogP contribution is -2.52. The average molecular weight is 500 g/mol. The van der Waals surface area contributed by atoms with Gasteiger partial charge in [0.25, 0.3) is 5.91 Å². The van der Waals surface area contributed by atoms with E-state index in [4.69, 9.17) is 4.74 Å². The number of carbonyl (C=O) groups excluding carboxylic acids is 3. The summed E-state index contributed by atoms with van der Waals surface area (Å²) in [7, 11) is 0. The van der Waals surface area contributed by atoms with Crippen molar-refractivity contribution >= 4 is 34.3 Å². The van der Waals surface area contributed by atoms with Crippen molar-refractivity contribution in [2.24, 2.45) is 0 Å². The van der Waals surface area contributed by atoms with Crippen LogP contribution in [0.2, 0.25) is 0 Å². The Hall–Kier alpha value is -2.98. The van der Waals surface area contributed by atoms with Crippen molar-refractivity contribution in [3.63, 3.8) is 0 Å². The SMILES string of the molecule is CC(C)(C)c1csc(NC(=O)[C@@H]2CCCN2C(=O)[C@H](NC(=O)N2CCOCC2)c2ccccc2)n1. The van der Waals surface area contributed by atoms with E-state index in [1.54, 1.807) is 9.80 Å². The van der Waals surface area contributed by atoms with Gasteiger partial charge in [0.2, 0.25) is 5.91 Å². The van der Waals surface area contributed by atoms with Gasteiger partial charge < -0.3 is 25.2 Å². The van der Waals surface area contributed by atoms with Crippen LogP contribution in [0.1, 0.15) is 50.9 Å². The second-order valence-electron chi connectivity index (χ2n) is 9.86. The lowest BCUT2D eigenvalue weighted by molar-refractivity contribution is -0.138. The van der Waals surface area contributed by atoms with Gasteiger partial charge in [-0.25, -0.2) is 9.78 Å². The summed E-state index contributed by atoms with van der Waals surface area (Å²) < 4.78 is 5.33. The van der Waals surface area contributed by atoms with E-state index in [0.717, 1.165) is 5.69 Å². The number of ether oxygens (including phenoxy) is 1. The van der Waals surface area contributed by atoms with E-state index < -0.39 is 12.1 Å². The highest BCUT2D eigenvalue weighted by Crippen LogP contribution is 2.28. The van der Waals surface area contributed by atoms with E-state index in [0.29, 0.717) is 56.4 Å². The predicted octanol–water partition coefficient (Wildman–Crippen LogP) is 3.15. The molecular weight excluding hydrogens is 466 g/mol. The average Bonchev–Trinajstić information content (AvgIpc) is 3.53. The number of benzene rings is 1. The highest BCUT2D eigenvalue weighted by atomic mass is 32.1. The highest BCUT2D eigenvalue weighted by Gasteiger charge is 2.39. The summed E-state index contributed by atoms with van der Waals surface area (Å²) >= 11 is 1.38. The molecule has 4 rings (SSSR count). The third kappa shape index (κ3) is 5.99. The first kappa shape index (κ1) is 25.1. The van der Waals surface area contributed by atoms with Gasteiger partial charge in [-0.1, -0.05) is 51.1 Å². The summed E-state index contributed by atoms with van der Waals surface area (Å²) in [5, 5.41) is 8.28. The van der Waals surface area contributed by atoms with E-state index in [-0.39, 0.29) is 23.3 Å². The minimum atomic E-state index is -0.882. The highest BCUT2D eigenvalue weighted by molar-refractivity contribution is 7.14. The van der Waals surface area contributed by atoms with Crippen LogP contribution < -0.4 is 10.6 Å². The third-order valence-electron chi connectivity index (χ3n) is 6.29. The van der Waals surface area contributed by atoms with Crippen LogP contribution in [-0.2, 0) is 19.7 Å². The summed E-state index contributed by atoms with van der Waals surface area (Å²) in [5.41, 5.74) is 1.48. The lowest BCUT2D eigenvalue weighted by Gasteiger charge is -2.32. The fourth-order valence-electron chi connectivity index (χ4n) is 4.25. The van der Waals surface area contributed by atoms with E-state index in [1.807, 2.05) is 35.7 Å². The number of hydrogen-bond acceptors (Lipinski definition) is 6. The molecule has 2 aliphatic heterocycles. The van der Waals surface area contributed by atoms with Crippen molar-refractivity contribution in [1.29, 1.82) is 0 Å². The minimum Gasteiger partial charge on any atom is -0.378 e. The molecule has 0 aliphatic carbocycles. The largest absolute Gasteiger partial charge is 0.378 e. The number of anilines is 1. The second kappa shape index (κ2) is 10.7. The van der Waals surface area contributed by atoms with Crippen LogP contribution in [0.4, 0.5) is 9.93 Å². The van der Waals surface area contributed by atoms with Crippen molar-refractivity contribution in [1.82, 2.24) is 20.1 Å². The van der Waals surface area contributed by atoms with Crippen LogP contribution in [0.15, 0.2) is 35.7 Å². The van der Waals surface area contributed by atoms with E-state index in [1.165, 1.54) is 11.3 Å². The first-order chi connectivity index (χ1) is 16.7. The molecule has 4 amide bonds. The third-order valence-corrected chi connectivity index (χ3v) is 7.04. The molecule has 0 bridgehead atoms. The molecule has 2 saturated heterocycles. The maximum Gasteiger partial charge on any atom is 0.318 e.